The van der Waals surface area contributed by atoms with Crippen LogP contribution in [0.2, 0.25) is 6.32 Å². The molecule has 1 aromatic carbocycles. The van der Waals surface area contributed by atoms with E-state index in [0.717, 1.165) is 24.8 Å². The lowest BCUT2D eigenvalue weighted by molar-refractivity contribution is -0.145. The summed E-state index contributed by atoms with van der Waals surface area (Å²) < 4.78 is 0. The van der Waals surface area contributed by atoms with E-state index in [2.05, 4.69) is 5.32 Å². The van der Waals surface area contributed by atoms with Crippen molar-refractivity contribution in [1.82, 2.24) is 5.32 Å². The Hall–Kier alpha value is -1.90. The van der Waals surface area contributed by atoms with Crippen molar-refractivity contribution in [2.75, 3.05) is 6.54 Å². The van der Waals surface area contributed by atoms with Crippen LogP contribution in [0.25, 0.3) is 0 Å². The normalized spacial score (nSPS) is 20.0. The van der Waals surface area contributed by atoms with Crippen LogP contribution in [0.15, 0.2) is 30.3 Å². The van der Waals surface area contributed by atoms with Crippen LogP contribution in [0.1, 0.15) is 38.2 Å². The van der Waals surface area contributed by atoms with Crippen LogP contribution in [-0.2, 0) is 16.0 Å². The Kier molecular flexibility index (Phi) is 10.7. The number of hydrogen-bond donors (Lipinski definition) is 5. The smallest absolute Gasteiger partial charge is 0.451 e. The molecule has 3 unspecified atom stereocenters. The van der Waals surface area contributed by atoms with Gasteiger partial charge in [-0.3, -0.25) is 9.59 Å². The van der Waals surface area contributed by atoms with Crippen LogP contribution in [0.5, 0.6) is 0 Å². The molecule has 0 aliphatic heterocycles. The van der Waals surface area contributed by atoms with Gasteiger partial charge in [-0.05, 0) is 37.1 Å². The molecule has 1 aliphatic carbocycles. The fourth-order valence-corrected chi connectivity index (χ4v) is 3.10. The maximum Gasteiger partial charge on any atom is 0.451 e. The minimum Gasteiger partial charge on any atom is -0.481 e. The summed E-state index contributed by atoms with van der Waals surface area (Å²) >= 11 is 0. The van der Waals surface area contributed by atoms with Crippen LogP contribution < -0.4 is 11.1 Å². The Labute approximate surface area is 161 Å². The van der Waals surface area contributed by atoms with E-state index in [1.54, 1.807) is 6.92 Å². The average Bonchev–Trinajstić information content (AvgIpc) is 2.67. The molecule has 2 rings (SSSR count). The zero-order valence-corrected chi connectivity index (χ0v) is 15.9. The Balaban J connectivity index is 0.000000646. The van der Waals surface area contributed by atoms with E-state index >= 15 is 0 Å². The second-order valence-electron chi connectivity index (χ2n) is 6.92. The Bertz CT molecular complexity index is 570. The van der Waals surface area contributed by atoms with Gasteiger partial charge in [0.1, 0.15) is 0 Å². The standard InChI is InChI=1S/C17H24N2O3.C2H7BO2/c18-15(10-12-6-2-1-3-7-12)16(20)19-11-13-8-4-5-9-14(13)17(21)22;1-2-3(4)5/h1-3,6-7,13-15H,4-5,8-11,18H2,(H,19,20)(H,21,22);4-5H,2H2,1H3. The Morgan fingerprint density at radius 3 is 2.37 bits per heavy atom. The fraction of sp³-hybridized carbons (Fsp3) is 0.579. The SMILES string of the molecule is CCB(O)O.NC(Cc1ccccc1)C(=O)NCC1CCCCC1C(=O)O. The molecule has 1 aliphatic rings. The third-order valence-corrected chi connectivity index (χ3v) is 4.77. The summed E-state index contributed by atoms with van der Waals surface area (Å²) in [4.78, 5) is 23.3. The van der Waals surface area contributed by atoms with Crippen molar-refractivity contribution in [3.05, 3.63) is 35.9 Å². The summed E-state index contributed by atoms with van der Waals surface area (Å²) in [6.07, 6.45) is 4.44. The lowest BCUT2D eigenvalue weighted by Gasteiger charge is -2.29. The predicted molar refractivity (Wildman–Crippen MR) is 105 cm³/mol. The van der Waals surface area contributed by atoms with Gasteiger partial charge < -0.3 is 26.2 Å². The van der Waals surface area contributed by atoms with E-state index in [1.165, 1.54) is 0 Å². The van der Waals surface area contributed by atoms with E-state index < -0.39 is 19.1 Å². The number of rotatable bonds is 7. The third kappa shape index (κ3) is 9.04. The largest absolute Gasteiger partial charge is 0.481 e. The van der Waals surface area contributed by atoms with Crippen LogP contribution in [0.3, 0.4) is 0 Å². The van der Waals surface area contributed by atoms with Crippen molar-refractivity contribution in [3.8, 4) is 0 Å². The van der Waals surface area contributed by atoms with E-state index in [-0.39, 0.29) is 17.7 Å². The molecule has 0 radical (unpaired) electrons. The van der Waals surface area contributed by atoms with Gasteiger partial charge in [0.05, 0.1) is 12.0 Å². The predicted octanol–water partition coefficient (Wildman–Crippen LogP) is 1.04. The summed E-state index contributed by atoms with van der Waals surface area (Å²) in [7, 11) is -1.12. The molecule has 150 valence electrons. The molecule has 7 nitrogen and oxygen atoms in total. The number of carbonyl (C=O) groups is 2. The number of amides is 1. The molecular formula is C19H31BN2O5. The van der Waals surface area contributed by atoms with Gasteiger partial charge in [-0.15, -0.1) is 0 Å². The van der Waals surface area contributed by atoms with Crippen LogP contribution in [-0.4, -0.2) is 46.7 Å². The molecule has 27 heavy (non-hydrogen) atoms. The molecule has 0 saturated heterocycles. The highest BCUT2D eigenvalue weighted by Gasteiger charge is 2.31. The number of nitrogens with two attached hydrogens (primary N) is 1. The molecule has 0 spiro atoms. The van der Waals surface area contributed by atoms with Crippen molar-refractivity contribution in [2.24, 2.45) is 17.6 Å². The average molecular weight is 378 g/mol. The van der Waals surface area contributed by atoms with Gasteiger partial charge in [-0.25, -0.2) is 0 Å². The first-order chi connectivity index (χ1) is 12.8. The monoisotopic (exact) mass is 378 g/mol. The van der Waals surface area contributed by atoms with Crippen molar-refractivity contribution in [1.29, 1.82) is 0 Å². The quantitative estimate of drug-likeness (QED) is 0.451. The lowest BCUT2D eigenvalue weighted by Crippen LogP contribution is -2.45. The minimum atomic E-state index is -1.12. The van der Waals surface area contributed by atoms with Gasteiger partial charge in [-0.2, -0.15) is 0 Å². The van der Waals surface area contributed by atoms with Gasteiger partial charge >= 0.3 is 13.1 Å². The third-order valence-electron chi connectivity index (χ3n) is 4.77. The fourth-order valence-electron chi connectivity index (χ4n) is 3.10. The molecule has 1 saturated carbocycles. The molecule has 1 fully saturated rings. The molecule has 0 heterocycles. The molecule has 1 aromatic rings. The maximum atomic E-state index is 12.1. The molecule has 8 heteroatoms. The van der Waals surface area contributed by atoms with Crippen molar-refractivity contribution in [3.63, 3.8) is 0 Å². The van der Waals surface area contributed by atoms with E-state index in [1.807, 2.05) is 30.3 Å². The van der Waals surface area contributed by atoms with Crippen molar-refractivity contribution in [2.45, 2.75) is 51.4 Å². The van der Waals surface area contributed by atoms with Crippen LogP contribution in [0, 0.1) is 11.8 Å². The molecular weight excluding hydrogens is 347 g/mol. The van der Waals surface area contributed by atoms with Gasteiger partial charge in [0, 0.05) is 6.54 Å². The zero-order chi connectivity index (χ0) is 20.2. The summed E-state index contributed by atoms with van der Waals surface area (Å²) in [5.41, 5.74) is 6.95. The highest BCUT2D eigenvalue weighted by molar-refractivity contribution is 6.40. The van der Waals surface area contributed by atoms with Gasteiger partial charge in [0.15, 0.2) is 0 Å². The number of carbonyl (C=O) groups excluding carboxylic acids is 1. The number of carboxylic acid groups (broad SMARTS) is 1. The van der Waals surface area contributed by atoms with Gasteiger partial charge in [-0.1, -0.05) is 50.1 Å². The van der Waals surface area contributed by atoms with Crippen LogP contribution >= 0.6 is 0 Å². The van der Waals surface area contributed by atoms with Crippen molar-refractivity contribution >= 4 is 19.0 Å². The molecule has 0 aromatic heterocycles. The number of aliphatic carboxylic acids is 1. The second-order valence-corrected chi connectivity index (χ2v) is 6.92. The van der Waals surface area contributed by atoms with Crippen molar-refractivity contribution < 1.29 is 24.7 Å². The maximum absolute atomic E-state index is 12.1. The van der Waals surface area contributed by atoms with Gasteiger partial charge in [0.2, 0.25) is 5.91 Å². The number of carboxylic acids is 1. The Morgan fingerprint density at radius 1 is 1.22 bits per heavy atom. The first-order valence-electron chi connectivity index (χ1n) is 9.51. The molecule has 3 atom stereocenters. The van der Waals surface area contributed by atoms with E-state index in [0.29, 0.717) is 25.7 Å². The molecule has 6 N–H and O–H groups in total. The number of hydrogen-bond acceptors (Lipinski definition) is 5. The summed E-state index contributed by atoms with van der Waals surface area (Å²) in [6, 6.07) is 9.03. The summed E-state index contributed by atoms with van der Waals surface area (Å²) in [5, 5.41) is 27.9. The van der Waals surface area contributed by atoms with E-state index in [4.69, 9.17) is 15.8 Å². The second kappa shape index (κ2) is 12.5. The summed E-state index contributed by atoms with van der Waals surface area (Å²) in [5.74, 6) is -1.30. The number of benzene rings is 1. The topological polar surface area (TPSA) is 133 Å². The Morgan fingerprint density at radius 2 is 1.81 bits per heavy atom. The lowest BCUT2D eigenvalue weighted by atomic mass is 9.79. The van der Waals surface area contributed by atoms with Crippen LogP contribution in [0.4, 0.5) is 0 Å². The molecule has 0 bridgehead atoms. The number of nitrogens with one attached hydrogen (secondary N) is 1. The zero-order valence-electron chi connectivity index (χ0n) is 15.9. The highest BCUT2D eigenvalue weighted by atomic mass is 16.4. The van der Waals surface area contributed by atoms with E-state index in [9.17, 15) is 14.7 Å². The first-order valence-corrected chi connectivity index (χ1v) is 9.51. The molecule has 1 amide bonds. The minimum absolute atomic E-state index is 0.0131. The highest BCUT2D eigenvalue weighted by Crippen LogP contribution is 2.29. The summed E-state index contributed by atoms with van der Waals surface area (Å²) in [6.45, 7) is 2.10. The first kappa shape index (κ1) is 23.1. The van der Waals surface area contributed by atoms with Gasteiger partial charge in [0.25, 0.3) is 0 Å².